The summed E-state index contributed by atoms with van der Waals surface area (Å²) in [7, 11) is 0. The Balaban J connectivity index is 3.08. The fourth-order valence-electron chi connectivity index (χ4n) is 0.906. The molecule has 0 saturated carbocycles. The highest BCUT2D eigenvalue weighted by atomic mass is 127. The average molecular weight is 396 g/mol. The summed E-state index contributed by atoms with van der Waals surface area (Å²) in [6, 6.07) is 1.60. The Morgan fingerprint density at radius 2 is 2.13 bits per heavy atom. The summed E-state index contributed by atoms with van der Waals surface area (Å²) in [6.45, 7) is 1.52. The number of aromatic nitrogens is 1. The molecule has 0 amide bonds. The minimum absolute atomic E-state index is 0.362. The Bertz CT molecular complexity index is 370. The second kappa shape index (κ2) is 4.86. The summed E-state index contributed by atoms with van der Waals surface area (Å²) in [5.74, 6) is -0.391. The molecular weight excluding hydrogens is 390 g/mol. The summed E-state index contributed by atoms with van der Waals surface area (Å²) in [4.78, 5) is 3.78. The maximum Gasteiger partial charge on any atom is 0.574 e. The van der Waals surface area contributed by atoms with Crippen LogP contribution in [-0.4, -0.2) is 11.3 Å². The van der Waals surface area contributed by atoms with Gasteiger partial charge in [-0.25, -0.2) is 4.98 Å². The molecule has 1 heterocycles. The van der Waals surface area contributed by atoms with Crippen molar-refractivity contribution in [3.63, 3.8) is 0 Å². The van der Waals surface area contributed by atoms with Gasteiger partial charge in [-0.05, 0) is 35.6 Å². The number of hydrogen-bond donors (Lipinski definition) is 0. The molecule has 2 nitrogen and oxygen atoms in total. The molecule has 0 saturated heterocycles. The summed E-state index contributed by atoms with van der Waals surface area (Å²) >= 11 is 5.15. The number of ether oxygens (including phenoxy) is 1. The van der Waals surface area contributed by atoms with Gasteiger partial charge in [0.2, 0.25) is 5.88 Å². The molecule has 0 unspecified atom stereocenters. The summed E-state index contributed by atoms with van der Waals surface area (Å²) < 4.78 is 40.5. The van der Waals surface area contributed by atoms with Crippen molar-refractivity contribution in [3.05, 3.63) is 20.9 Å². The molecule has 0 radical (unpaired) electrons. The van der Waals surface area contributed by atoms with Crippen molar-refractivity contribution in [3.8, 4) is 5.88 Å². The molecule has 0 aliphatic heterocycles. The van der Waals surface area contributed by atoms with Crippen molar-refractivity contribution >= 4 is 38.5 Å². The zero-order valence-electron chi connectivity index (χ0n) is 7.53. The first-order chi connectivity index (χ1) is 6.83. The lowest BCUT2D eigenvalue weighted by atomic mass is 10.3. The lowest BCUT2D eigenvalue weighted by molar-refractivity contribution is -0.276. The minimum atomic E-state index is -4.70. The van der Waals surface area contributed by atoms with E-state index in [0.29, 0.717) is 16.6 Å². The van der Waals surface area contributed by atoms with Crippen LogP contribution in [0.1, 0.15) is 11.3 Å². The van der Waals surface area contributed by atoms with Crippen LogP contribution in [0.25, 0.3) is 0 Å². The van der Waals surface area contributed by atoms with Crippen LogP contribution in [0.5, 0.6) is 5.88 Å². The van der Waals surface area contributed by atoms with Crippen molar-refractivity contribution in [1.29, 1.82) is 0 Å². The summed E-state index contributed by atoms with van der Waals surface area (Å²) in [5, 5.41) is 0.389. The van der Waals surface area contributed by atoms with Crippen LogP contribution in [0.15, 0.2) is 6.07 Å². The van der Waals surface area contributed by atoms with E-state index in [2.05, 4.69) is 25.7 Å². The molecule has 0 aromatic carbocycles. The van der Waals surface area contributed by atoms with E-state index < -0.39 is 12.2 Å². The Kier molecular flexibility index (Phi) is 4.21. The predicted molar refractivity (Wildman–Crippen MR) is 61.0 cm³/mol. The summed E-state index contributed by atoms with van der Waals surface area (Å²) in [5.41, 5.74) is 0.891. The topological polar surface area (TPSA) is 22.1 Å². The summed E-state index contributed by atoms with van der Waals surface area (Å²) in [6.07, 6.45) is -4.70. The first-order valence-electron chi connectivity index (χ1n) is 3.81. The maximum atomic E-state index is 12.0. The monoisotopic (exact) mass is 395 g/mol. The standard InChI is InChI=1S/C8H6BrF3INO/c1-4-2-5(13)6(3-9)14-7(4)15-8(10,11)12/h2H,3H2,1H3. The lowest BCUT2D eigenvalue weighted by Crippen LogP contribution is -2.19. The van der Waals surface area contributed by atoms with E-state index in [9.17, 15) is 13.2 Å². The molecule has 0 atom stereocenters. The molecule has 0 fully saturated rings. The number of hydrogen-bond acceptors (Lipinski definition) is 2. The van der Waals surface area contributed by atoms with Crippen LogP contribution in [0.3, 0.4) is 0 Å². The predicted octanol–water partition coefficient (Wildman–Crippen LogP) is 3.79. The van der Waals surface area contributed by atoms with E-state index in [1.165, 1.54) is 6.92 Å². The van der Waals surface area contributed by atoms with E-state index in [0.717, 1.165) is 3.57 Å². The Hall–Kier alpha value is -0.0500. The third kappa shape index (κ3) is 3.78. The number of nitrogens with zero attached hydrogens (tertiary/aromatic N) is 1. The van der Waals surface area contributed by atoms with Crippen LogP contribution in [0, 0.1) is 10.5 Å². The zero-order valence-corrected chi connectivity index (χ0v) is 11.3. The Morgan fingerprint density at radius 3 is 2.60 bits per heavy atom. The van der Waals surface area contributed by atoms with Gasteiger partial charge >= 0.3 is 6.36 Å². The van der Waals surface area contributed by atoms with Crippen molar-refractivity contribution in [2.45, 2.75) is 18.6 Å². The molecule has 0 aliphatic carbocycles. The highest BCUT2D eigenvalue weighted by molar-refractivity contribution is 14.1. The van der Waals surface area contributed by atoms with Gasteiger partial charge in [-0.2, -0.15) is 0 Å². The number of alkyl halides is 4. The van der Waals surface area contributed by atoms with E-state index in [4.69, 9.17) is 0 Å². The highest BCUT2D eigenvalue weighted by Gasteiger charge is 2.32. The number of pyridine rings is 1. The largest absolute Gasteiger partial charge is 0.574 e. The van der Waals surface area contributed by atoms with E-state index >= 15 is 0 Å². The number of rotatable bonds is 2. The number of aryl methyl sites for hydroxylation is 1. The Morgan fingerprint density at radius 1 is 1.53 bits per heavy atom. The third-order valence-corrected chi connectivity index (χ3v) is 3.00. The van der Waals surface area contributed by atoms with Gasteiger partial charge in [-0.15, -0.1) is 13.2 Å². The molecule has 1 rings (SSSR count). The third-order valence-electron chi connectivity index (χ3n) is 1.53. The molecule has 1 aromatic rings. The van der Waals surface area contributed by atoms with Gasteiger partial charge < -0.3 is 4.74 Å². The van der Waals surface area contributed by atoms with Crippen molar-refractivity contribution in [2.24, 2.45) is 0 Å². The first-order valence-corrected chi connectivity index (χ1v) is 6.01. The van der Waals surface area contributed by atoms with Crippen LogP contribution in [-0.2, 0) is 5.33 Å². The highest BCUT2D eigenvalue weighted by Crippen LogP contribution is 2.27. The number of halogens is 5. The van der Waals surface area contributed by atoms with Gasteiger partial charge in [-0.3, -0.25) is 0 Å². The van der Waals surface area contributed by atoms with Gasteiger partial charge in [0.25, 0.3) is 0 Å². The normalized spacial score (nSPS) is 11.6. The molecule has 15 heavy (non-hydrogen) atoms. The van der Waals surface area contributed by atoms with E-state index in [1.807, 2.05) is 22.6 Å². The molecule has 0 aliphatic rings. The molecule has 84 valence electrons. The van der Waals surface area contributed by atoms with Gasteiger partial charge in [0.1, 0.15) is 0 Å². The van der Waals surface area contributed by atoms with Crippen molar-refractivity contribution in [1.82, 2.24) is 4.98 Å². The first kappa shape index (κ1) is 13.0. The van der Waals surface area contributed by atoms with Gasteiger partial charge in [-0.1, -0.05) is 15.9 Å². The second-order valence-corrected chi connectivity index (χ2v) is 4.44. The maximum absolute atomic E-state index is 12.0. The van der Waals surface area contributed by atoms with Crippen molar-refractivity contribution in [2.75, 3.05) is 0 Å². The Labute approximate surface area is 106 Å². The smallest absolute Gasteiger partial charge is 0.388 e. The fourth-order valence-corrected chi connectivity index (χ4v) is 2.64. The SMILES string of the molecule is Cc1cc(I)c(CBr)nc1OC(F)(F)F. The quantitative estimate of drug-likeness (QED) is 0.561. The second-order valence-electron chi connectivity index (χ2n) is 2.72. The van der Waals surface area contributed by atoms with Gasteiger partial charge in [0, 0.05) is 14.5 Å². The van der Waals surface area contributed by atoms with Gasteiger partial charge in [0.05, 0.1) is 5.69 Å². The van der Waals surface area contributed by atoms with Crippen LogP contribution in [0.2, 0.25) is 0 Å². The fraction of sp³-hybridized carbons (Fsp3) is 0.375. The lowest BCUT2D eigenvalue weighted by Gasteiger charge is -2.11. The van der Waals surface area contributed by atoms with Crippen LogP contribution in [0.4, 0.5) is 13.2 Å². The van der Waals surface area contributed by atoms with Crippen LogP contribution < -0.4 is 4.74 Å². The molecular formula is C8H6BrF3INO. The molecule has 0 spiro atoms. The van der Waals surface area contributed by atoms with Crippen molar-refractivity contribution < 1.29 is 17.9 Å². The minimum Gasteiger partial charge on any atom is -0.388 e. The van der Waals surface area contributed by atoms with Crippen LogP contribution >= 0.6 is 38.5 Å². The molecule has 1 aromatic heterocycles. The molecule has 0 N–H and O–H groups in total. The van der Waals surface area contributed by atoms with E-state index in [1.54, 1.807) is 6.07 Å². The molecule has 7 heteroatoms. The average Bonchev–Trinajstić information content (AvgIpc) is 2.07. The van der Waals surface area contributed by atoms with Gasteiger partial charge in [0.15, 0.2) is 0 Å². The van der Waals surface area contributed by atoms with E-state index in [-0.39, 0.29) is 0 Å². The molecule has 0 bridgehead atoms. The zero-order chi connectivity index (χ0) is 11.6.